The standard InChI is InChI=1S/C55H34N2/c1-4-16-35(17-5-1)48-34-49(57-54(56-48)38-18-6-2-7-19-38)36-30-32-37(33-31-36)50-41-23-10-11-24-42(41)51-45-27-14-25-43-40-22-12-13-28-46(40)55(53(43)45,39-20-8-3-9-21-39)47-29-15-26-44(50)52(47)51/h1-34H. The van der Waals surface area contributed by atoms with E-state index >= 15 is 0 Å². The van der Waals surface area contributed by atoms with Gasteiger partial charge in [-0.25, -0.2) is 9.97 Å². The Balaban J connectivity index is 1.11. The van der Waals surface area contributed by atoms with Crippen molar-refractivity contribution in [1.82, 2.24) is 9.97 Å². The minimum absolute atomic E-state index is 0.445. The summed E-state index contributed by atoms with van der Waals surface area (Å²) in [5, 5.41) is 5.13. The van der Waals surface area contributed by atoms with Crippen LogP contribution in [-0.4, -0.2) is 9.97 Å². The highest BCUT2D eigenvalue weighted by atomic mass is 14.9. The number of rotatable bonds is 5. The van der Waals surface area contributed by atoms with Gasteiger partial charge in [0.2, 0.25) is 0 Å². The summed E-state index contributed by atoms with van der Waals surface area (Å²) in [6, 6.07) is 75.0. The van der Waals surface area contributed by atoms with Gasteiger partial charge in [-0.05, 0) is 83.2 Å². The van der Waals surface area contributed by atoms with Gasteiger partial charge in [0.1, 0.15) is 0 Å². The van der Waals surface area contributed by atoms with Crippen molar-refractivity contribution in [3.8, 4) is 67.3 Å². The zero-order valence-electron chi connectivity index (χ0n) is 31.0. The van der Waals surface area contributed by atoms with E-state index < -0.39 is 5.41 Å². The van der Waals surface area contributed by atoms with E-state index in [4.69, 9.17) is 9.97 Å². The second kappa shape index (κ2) is 12.3. The predicted octanol–water partition coefficient (Wildman–Crippen LogP) is 13.8. The molecule has 0 amide bonds. The van der Waals surface area contributed by atoms with Gasteiger partial charge in [-0.1, -0.05) is 200 Å². The Morgan fingerprint density at radius 3 is 1.58 bits per heavy atom. The molecule has 1 heterocycles. The van der Waals surface area contributed by atoms with Gasteiger partial charge < -0.3 is 0 Å². The molecule has 0 aliphatic heterocycles. The molecule has 0 spiro atoms. The summed E-state index contributed by atoms with van der Waals surface area (Å²) in [5.74, 6) is 0.717. The van der Waals surface area contributed by atoms with Crippen LogP contribution in [0.3, 0.4) is 0 Å². The summed E-state index contributed by atoms with van der Waals surface area (Å²) in [6.45, 7) is 0. The first-order valence-electron chi connectivity index (χ1n) is 19.7. The van der Waals surface area contributed by atoms with Crippen LogP contribution in [0.25, 0.3) is 88.8 Å². The molecule has 0 saturated carbocycles. The lowest BCUT2D eigenvalue weighted by molar-refractivity contribution is 0.774. The zero-order valence-corrected chi connectivity index (χ0v) is 31.0. The molecule has 2 heteroatoms. The number of benzene rings is 9. The SMILES string of the molecule is c1ccc(-c2cc(-c3ccc(-c4c5ccccc5c5c6c(cccc46)C4(c6ccccc6)c6ccccc6-c6cccc-5c64)cc3)nc(-c3ccccc3)n2)cc1. The van der Waals surface area contributed by atoms with Gasteiger partial charge in [0.25, 0.3) is 0 Å². The van der Waals surface area contributed by atoms with E-state index in [1.54, 1.807) is 0 Å². The fourth-order valence-electron chi connectivity index (χ4n) is 10.0. The molecule has 2 aliphatic rings. The van der Waals surface area contributed by atoms with Gasteiger partial charge in [0.05, 0.1) is 16.8 Å². The van der Waals surface area contributed by atoms with Crippen LogP contribution in [0, 0.1) is 0 Å². The third kappa shape index (κ3) is 4.53. The Hall–Kier alpha value is -7.42. The molecule has 57 heavy (non-hydrogen) atoms. The molecule has 0 N–H and O–H groups in total. The van der Waals surface area contributed by atoms with Crippen molar-refractivity contribution in [2.24, 2.45) is 0 Å². The number of hydrogen-bond acceptors (Lipinski definition) is 2. The van der Waals surface area contributed by atoms with Crippen LogP contribution in [0.15, 0.2) is 206 Å². The van der Waals surface area contributed by atoms with Crippen LogP contribution in [0.4, 0.5) is 0 Å². The molecule has 264 valence electrons. The molecule has 0 saturated heterocycles. The lowest BCUT2D eigenvalue weighted by atomic mass is 9.61. The molecule has 2 aliphatic carbocycles. The van der Waals surface area contributed by atoms with Gasteiger partial charge in [0, 0.05) is 16.7 Å². The number of aromatic nitrogens is 2. The maximum atomic E-state index is 5.13. The Morgan fingerprint density at radius 1 is 0.333 bits per heavy atom. The fourth-order valence-corrected chi connectivity index (χ4v) is 10.0. The molecule has 1 aromatic heterocycles. The van der Waals surface area contributed by atoms with Crippen LogP contribution < -0.4 is 0 Å². The Morgan fingerprint density at radius 2 is 0.842 bits per heavy atom. The van der Waals surface area contributed by atoms with Crippen molar-refractivity contribution in [2.45, 2.75) is 5.41 Å². The van der Waals surface area contributed by atoms with E-state index in [1.165, 1.54) is 77.2 Å². The second-order valence-corrected chi connectivity index (χ2v) is 15.2. The van der Waals surface area contributed by atoms with Crippen LogP contribution >= 0.6 is 0 Å². The first-order valence-corrected chi connectivity index (χ1v) is 19.7. The Kier molecular flexibility index (Phi) is 6.88. The van der Waals surface area contributed by atoms with Gasteiger partial charge in [0.15, 0.2) is 5.82 Å². The molecular weight excluding hydrogens is 689 g/mol. The average Bonchev–Trinajstić information content (AvgIpc) is 3.60. The molecule has 2 nitrogen and oxygen atoms in total. The van der Waals surface area contributed by atoms with Crippen molar-refractivity contribution < 1.29 is 0 Å². The fraction of sp³-hybridized carbons (Fsp3) is 0.0182. The third-order valence-electron chi connectivity index (χ3n) is 12.3. The lowest BCUT2D eigenvalue weighted by Crippen LogP contribution is -2.31. The van der Waals surface area contributed by atoms with Gasteiger partial charge in [-0.2, -0.15) is 0 Å². The monoisotopic (exact) mass is 722 g/mol. The van der Waals surface area contributed by atoms with Gasteiger partial charge in [-0.3, -0.25) is 0 Å². The second-order valence-electron chi connectivity index (χ2n) is 15.2. The summed E-state index contributed by atoms with van der Waals surface area (Å²) < 4.78 is 0. The van der Waals surface area contributed by atoms with Gasteiger partial charge in [-0.15, -0.1) is 0 Å². The molecule has 0 fully saturated rings. The molecule has 9 aromatic carbocycles. The summed E-state index contributed by atoms with van der Waals surface area (Å²) in [4.78, 5) is 10.2. The zero-order chi connectivity index (χ0) is 37.5. The highest BCUT2D eigenvalue weighted by Crippen LogP contribution is 2.64. The normalized spacial score (nSPS) is 14.7. The van der Waals surface area contributed by atoms with E-state index in [0.29, 0.717) is 0 Å². The molecule has 10 aromatic rings. The van der Waals surface area contributed by atoms with E-state index in [0.717, 1.165) is 33.9 Å². The molecule has 0 radical (unpaired) electrons. The molecular formula is C55H34N2. The third-order valence-corrected chi connectivity index (χ3v) is 12.3. The van der Waals surface area contributed by atoms with Crippen molar-refractivity contribution in [3.05, 3.63) is 229 Å². The van der Waals surface area contributed by atoms with Crippen LogP contribution in [0.5, 0.6) is 0 Å². The molecule has 1 atom stereocenters. The maximum Gasteiger partial charge on any atom is 0.160 e. The van der Waals surface area contributed by atoms with Crippen LogP contribution in [0.2, 0.25) is 0 Å². The Bertz CT molecular complexity index is 3150. The van der Waals surface area contributed by atoms with E-state index in [1.807, 2.05) is 24.3 Å². The molecule has 1 unspecified atom stereocenters. The average molecular weight is 723 g/mol. The Labute approximate surface area is 331 Å². The highest BCUT2D eigenvalue weighted by Gasteiger charge is 2.51. The van der Waals surface area contributed by atoms with Crippen molar-refractivity contribution in [3.63, 3.8) is 0 Å². The van der Waals surface area contributed by atoms with E-state index in [-0.39, 0.29) is 0 Å². The summed E-state index contributed by atoms with van der Waals surface area (Å²) >= 11 is 0. The lowest BCUT2D eigenvalue weighted by Gasteiger charge is -2.40. The number of nitrogens with zero attached hydrogens (tertiary/aromatic N) is 2. The smallest absolute Gasteiger partial charge is 0.160 e. The minimum Gasteiger partial charge on any atom is -0.228 e. The molecule has 0 bridgehead atoms. The van der Waals surface area contributed by atoms with Crippen molar-refractivity contribution in [2.75, 3.05) is 0 Å². The number of fused-ring (bicyclic) bond motifs is 7. The van der Waals surface area contributed by atoms with E-state index in [2.05, 4.69) is 182 Å². The first kappa shape index (κ1) is 31.9. The largest absolute Gasteiger partial charge is 0.228 e. The van der Waals surface area contributed by atoms with Gasteiger partial charge >= 0.3 is 0 Å². The van der Waals surface area contributed by atoms with Crippen molar-refractivity contribution >= 4 is 21.5 Å². The first-order chi connectivity index (χ1) is 28.3. The van der Waals surface area contributed by atoms with Crippen LogP contribution in [0.1, 0.15) is 22.3 Å². The number of hydrogen-bond donors (Lipinski definition) is 0. The summed E-state index contributed by atoms with van der Waals surface area (Å²) in [6.07, 6.45) is 0. The van der Waals surface area contributed by atoms with Crippen LogP contribution in [-0.2, 0) is 5.41 Å². The topological polar surface area (TPSA) is 25.8 Å². The minimum atomic E-state index is -0.445. The maximum absolute atomic E-state index is 5.13. The van der Waals surface area contributed by atoms with Crippen molar-refractivity contribution in [1.29, 1.82) is 0 Å². The predicted molar refractivity (Wildman–Crippen MR) is 235 cm³/mol. The quantitative estimate of drug-likeness (QED) is 0.165. The summed E-state index contributed by atoms with van der Waals surface area (Å²) in [5.41, 5.74) is 17.6. The summed E-state index contributed by atoms with van der Waals surface area (Å²) in [7, 11) is 0. The van der Waals surface area contributed by atoms with E-state index in [9.17, 15) is 0 Å². The molecule has 12 rings (SSSR count). The highest BCUT2D eigenvalue weighted by molar-refractivity contribution is 6.25.